The quantitative estimate of drug-likeness (QED) is 0.0171. The Morgan fingerprint density at radius 2 is 1.22 bits per heavy atom. The Bertz CT molecular complexity index is 3070. The number of hydrogen-bond acceptors (Lipinski definition) is 16. The van der Waals surface area contributed by atoms with Gasteiger partial charge in [0.05, 0.1) is 65.3 Å². The van der Waals surface area contributed by atoms with Gasteiger partial charge in [-0.1, -0.05) is 95.3 Å². The predicted octanol–water partition coefficient (Wildman–Crippen LogP) is 4.53. The second-order valence-electron chi connectivity index (χ2n) is 22.7. The number of halogens is 2. The van der Waals surface area contributed by atoms with Crippen LogP contribution in [0.25, 0.3) is 11.1 Å². The number of carboxylic acid groups (broad SMARTS) is 2. The number of aliphatic hydroxyl groups is 1. The fourth-order valence-electron chi connectivity index (χ4n) is 10.0. The van der Waals surface area contributed by atoms with Gasteiger partial charge in [0.15, 0.2) is 5.78 Å². The van der Waals surface area contributed by atoms with Gasteiger partial charge >= 0.3 is 17.9 Å². The second-order valence-corrected chi connectivity index (χ2v) is 22.7. The molecule has 3 aromatic carbocycles. The van der Waals surface area contributed by atoms with Crippen molar-refractivity contribution in [3.63, 3.8) is 0 Å². The molecule has 92 heavy (non-hydrogen) atoms. The molecule has 0 fully saturated rings. The van der Waals surface area contributed by atoms with Crippen LogP contribution in [0.3, 0.4) is 0 Å². The zero-order valence-electron chi connectivity index (χ0n) is 52.7. The molecule has 0 saturated heterocycles. The maximum atomic E-state index is 15.4. The number of Topliss-reactive ketones (excluding diaryl/α,β-unsaturated/α-hetero) is 1. The highest BCUT2D eigenvalue weighted by Gasteiger charge is 2.44. The fraction of sp³-hybridized carbons (Fsp3) is 0.508. The van der Waals surface area contributed by atoms with E-state index < -0.39 is 152 Å². The van der Waals surface area contributed by atoms with Crippen LogP contribution in [0, 0.1) is 22.5 Å². The van der Waals surface area contributed by atoms with Gasteiger partial charge in [-0.15, -0.1) is 0 Å². The Balaban J connectivity index is 1.39. The van der Waals surface area contributed by atoms with Crippen molar-refractivity contribution in [1.82, 2.24) is 30.7 Å². The number of nitrogens with one attached hydrogen (secondary N) is 4. The number of carbonyl (C=O) groups is 10. The largest absolute Gasteiger partial charge is 0.481 e. The van der Waals surface area contributed by atoms with Gasteiger partial charge in [-0.25, -0.2) is 13.6 Å². The number of aromatic nitrogens is 1. The Kier molecular flexibility index (Phi) is 32.2. The van der Waals surface area contributed by atoms with Crippen molar-refractivity contribution in [2.45, 2.75) is 130 Å². The van der Waals surface area contributed by atoms with Crippen LogP contribution in [0.2, 0.25) is 0 Å². The van der Waals surface area contributed by atoms with Crippen LogP contribution >= 0.6 is 0 Å². The van der Waals surface area contributed by atoms with Crippen LogP contribution in [0.1, 0.15) is 115 Å². The summed E-state index contributed by atoms with van der Waals surface area (Å²) in [5, 5.41) is 38.7. The molecule has 0 radical (unpaired) electrons. The molecule has 6 amide bonds. The smallest absolute Gasteiger partial charge is 0.326 e. The van der Waals surface area contributed by atoms with Crippen molar-refractivity contribution in [2.24, 2.45) is 16.6 Å². The number of nitrogens with zero attached hydrogens (tertiary/aromatic N) is 2. The lowest BCUT2D eigenvalue weighted by Gasteiger charge is -2.41. The molecular formula is C65H87F2N7O18. The van der Waals surface area contributed by atoms with Gasteiger partial charge in [-0.3, -0.25) is 43.2 Å². The highest BCUT2D eigenvalue weighted by molar-refractivity contribution is 6.03. The van der Waals surface area contributed by atoms with Gasteiger partial charge in [-0.2, -0.15) is 0 Å². The van der Waals surface area contributed by atoms with E-state index in [0.717, 1.165) is 29.3 Å². The molecule has 0 unspecified atom stereocenters. The molecule has 1 heterocycles. The number of aliphatic carboxylic acids is 2. The minimum Gasteiger partial charge on any atom is -0.481 e. The average molecular weight is 1290 g/mol. The Labute approximate surface area is 533 Å². The molecule has 4 rings (SSSR count). The molecule has 9 N–H and O–H groups in total. The SMILES string of the molecule is CCC(CC)(C(=O)CCOCCOCCOCCOCCC(=O)N[C@@H](CC(N)=O)C(=O)N[C@@H](CCN(C(=O)CO)[C@@H](c1cc(-c2cc(F)ccc2F)cn1Cc1ccccc1)C(C)(C)C)C(=O)NCCC(=O)N[C@H](CCC(=O)O)C(=O)O)C(=O)OCc1ccccc1. The van der Waals surface area contributed by atoms with Crippen LogP contribution in [0.15, 0.2) is 91.1 Å². The van der Waals surface area contributed by atoms with Gasteiger partial charge in [0.25, 0.3) is 0 Å². The number of aliphatic hydroxyl groups excluding tert-OH is 1. The molecule has 4 atom stereocenters. The Hall–Kier alpha value is -8.50. The lowest BCUT2D eigenvalue weighted by atomic mass is 9.77. The number of ether oxygens (including phenoxy) is 5. The van der Waals surface area contributed by atoms with Crippen LogP contribution in [-0.2, 0) is 84.8 Å². The normalized spacial score (nSPS) is 12.8. The second kappa shape index (κ2) is 39.0. The van der Waals surface area contributed by atoms with Gasteiger partial charge < -0.3 is 75.5 Å². The first-order valence-corrected chi connectivity index (χ1v) is 30.4. The standard InChI is InChI=1S/C65H87F2N7O18/c1-6-65(7-2,63(87)92-42-44-16-12-9-13-17-44)53(76)24-28-88-30-32-90-34-35-91-33-31-89-29-25-56(79)71-51(38-54(68)77)61(84)72-49(60(83)69-26-22-55(78)70-50(62(85)86)20-21-58(81)82)23-27-74(57(80)41-75)59(64(3,4)5)52-36-45(47-37-46(66)18-19-48(47)67)40-73(52)39-43-14-10-8-11-15-43/h8-19,36-37,40,49-51,59,75H,6-7,20-35,38-39,41-42H2,1-5H3,(H2,68,77)(H,69,83)(H,70,78)(H,71,79)(H,72,84)(H,81,82)(H,85,86)/t49-,50+,51-,59-/m0/s1. The first-order valence-electron chi connectivity index (χ1n) is 30.4. The van der Waals surface area contributed by atoms with Crippen molar-refractivity contribution >= 4 is 59.1 Å². The third-order valence-corrected chi connectivity index (χ3v) is 14.9. The van der Waals surface area contributed by atoms with E-state index in [9.17, 15) is 62.5 Å². The summed E-state index contributed by atoms with van der Waals surface area (Å²) in [6.45, 7) is 8.12. The van der Waals surface area contributed by atoms with Crippen LogP contribution in [0.5, 0.6) is 0 Å². The highest BCUT2D eigenvalue weighted by atomic mass is 19.1. The molecule has 0 aliphatic rings. The fourth-order valence-corrected chi connectivity index (χ4v) is 10.0. The zero-order chi connectivity index (χ0) is 67.8. The molecule has 0 bridgehead atoms. The van der Waals surface area contributed by atoms with E-state index in [-0.39, 0.29) is 109 Å². The number of amides is 6. The summed E-state index contributed by atoms with van der Waals surface area (Å²) in [5.74, 6) is -10.6. The number of ketones is 1. The molecule has 1 aromatic heterocycles. The maximum Gasteiger partial charge on any atom is 0.326 e. The summed E-state index contributed by atoms with van der Waals surface area (Å²) in [6.07, 6.45) is -0.832. The molecule has 0 aliphatic heterocycles. The van der Waals surface area contributed by atoms with Crippen LogP contribution < -0.4 is 27.0 Å². The monoisotopic (exact) mass is 1290 g/mol. The summed E-state index contributed by atoms with van der Waals surface area (Å²) in [4.78, 5) is 131. The number of rotatable bonds is 44. The van der Waals surface area contributed by atoms with E-state index in [1.54, 1.807) is 63.6 Å². The van der Waals surface area contributed by atoms with Gasteiger partial charge in [0, 0.05) is 68.3 Å². The molecule has 0 aliphatic carbocycles. The molecule has 4 aromatic rings. The Morgan fingerprint density at radius 3 is 1.77 bits per heavy atom. The van der Waals surface area contributed by atoms with Crippen molar-refractivity contribution in [1.29, 1.82) is 0 Å². The number of carbonyl (C=O) groups excluding carboxylic acids is 8. The topological polar surface area (TPSA) is 360 Å². The highest BCUT2D eigenvalue weighted by Crippen LogP contribution is 2.41. The average Bonchev–Trinajstić information content (AvgIpc) is 1.58. The summed E-state index contributed by atoms with van der Waals surface area (Å²) in [7, 11) is 0. The minimum absolute atomic E-state index is 0.0214. The number of esters is 1. The molecule has 0 spiro atoms. The summed E-state index contributed by atoms with van der Waals surface area (Å²) in [5.41, 5.74) is 5.52. The molecule has 25 nitrogen and oxygen atoms in total. The molecular weight excluding hydrogens is 1200 g/mol. The first-order chi connectivity index (χ1) is 43.8. The van der Waals surface area contributed by atoms with E-state index in [1.807, 2.05) is 48.5 Å². The van der Waals surface area contributed by atoms with Crippen molar-refractivity contribution in [2.75, 3.05) is 72.6 Å². The summed E-state index contributed by atoms with van der Waals surface area (Å²) >= 11 is 0. The first kappa shape index (κ1) is 76.0. The van der Waals surface area contributed by atoms with Crippen molar-refractivity contribution < 1.29 is 95.7 Å². The maximum absolute atomic E-state index is 15.4. The number of primary amides is 1. The summed E-state index contributed by atoms with van der Waals surface area (Å²) < 4.78 is 59.5. The molecule has 504 valence electrons. The number of carboxylic acids is 2. The number of nitrogens with two attached hydrogens (primary N) is 1. The summed E-state index contributed by atoms with van der Waals surface area (Å²) in [6, 6.07) is 17.0. The third kappa shape index (κ3) is 25.3. The van der Waals surface area contributed by atoms with E-state index in [1.165, 1.54) is 4.90 Å². The van der Waals surface area contributed by atoms with Crippen LogP contribution in [0.4, 0.5) is 8.78 Å². The lowest BCUT2D eigenvalue weighted by Crippen LogP contribution is -2.56. The van der Waals surface area contributed by atoms with Crippen LogP contribution in [-0.4, -0.2) is 175 Å². The minimum atomic E-state index is -1.67. The van der Waals surface area contributed by atoms with Crippen molar-refractivity contribution in [3.8, 4) is 11.1 Å². The molecule has 0 saturated carbocycles. The van der Waals surface area contributed by atoms with E-state index in [0.29, 0.717) is 5.69 Å². The predicted molar refractivity (Wildman–Crippen MR) is 329 cm³/mol. The lowest BCUT2D eigenvalue weighted by molar-refractivity contribution is -0.163. The molecule has 27 heteroatoms. The van der Waals surface area contributed by atoms with Gasteiger partial charge in [0.1, 0.15) is 48.4 Å². The van der Waals surface area contributed by atoms with Gasteiger partial charge in [-0.05, 0) is 66.5 Å². The van der Waals surface area contributed by atoms with E-state index in [4.69, 9.17) is 34.5 Å². The van der Waals surface area contributed by atoms with Gasteiger partial charge in [0.2, 0.25) is 35.4 Å². The third-order valence-electron chi connectivity index (χ3n) is 14.9. The number of benzene rings is 3. The van der Waals surface area contributed by atoms with E-state index in [2.05, 4.69) is 21.3 Å². The Morgan fingerprint density at radius 1 is 0.652 bits per heavy atom. The van der Waals surface area contributed by atoms with Crippen molar-refractivity contribution in [3.05, 3.63) is 120 Å². The number of hydrogen-bond donors (Lipinski definition) is 8. The zero-order valence-corrected chi connectivity index (χ0v) is 52.7. The van der Waals surface area contributed by atoms with E-state index >= 15 is 4.39 Å².